The lowest BCUT2D eigenvalue weighted by atomic mass is 10.0. The molecule has 5 atom stereocenters. The summed E-state index contributed by atoms with van der Waals surface area (Å²) in [4.78, 5) is 73.0. The summed E-state index contributed by atoms with van der Waals surface area (Å²) in [6.45, 7) is 9.65. The van der Waals surface area contributed by atoms with Gasteiger partial charge in [-0.2, -0.15) is 0 Å². The van der Waals surface area contributed by atoms with Crippen LogP contribution in [0.3, 0.4) is 0 Å². The second-order valence-electron chi connectivity index (χ2n) is 29.4. The van der Waals surface area contributed by atoms with Crippen molar-refractivity contribution in [1.29, 1.82) is 0 Å². The molecular weight excluding hydrogens is 1280 g/mol. The van der Waals surface area contributed by atoms with Crippen LogP contribution in [0.1, 0.15) is 414 Å². The smallest absolute Gasteiger partial charge is 0.462 e. The number of phosphoric acid groups is 2. The van der Waals surface area contributed by atoms with Crippen LogP contribution in [0, 0.1) is 11.8 Å². The molecule has 0 spiro atoms. The maximum Gasteiger partial charge on any atom is 0.472 e. The predicted octanol–water partition coefficient (Wildman–Crippen LogP) is 23.5. The summed E-state index contributed by atoms with van der Waals surface area (Å²) in [7, 11) is -9.92. The van der Waals surface area contributed by atoms with Gasteiger partial charge in [0.25, 0.3) is 0 Å². The van der Waals surface area contributed by atoms with Crippen LogP contribution in [0.2, 0.25) is 0 Å². The maximum absolute atomic E-state index is 13.1. The van der Waals surface area contributed by atoms with Crippen LogP contribution >= 0.6 is 15.6 Å². The molecule has 0 radical (unpaired) electrons. The molecule has 0 aromatic rings. The molecule has 0 saturated heterocycles. The third-order valence-electron chi connectivity index (χ3n) is 18.5. The molecule has 0 fully saturated rings. The third-order valence-corrected chi connectivity index (χ3v) is 20.4. The number of aliphatic hydroxyl groups excluding tert-OH is 1. The second-order valence-corrected chi connectivity index (χ2v) is 32.3. The lowest BCUT2D eigenvalue weighted by molar-refractivity contribution is -0.161. The number of carbonyl (C=O) groups is 4. The Bertz CT molecular complexity index is 1890. The van der Waals surface area contributed by atoms with E-state index in [0.29, 0.717) is 25.7 Å². The molecule has 0 aromatic heterocycles. The van der Waals surface area contributed by atoms with Gasteiger partial charge >= 0.3 is 39.5 Å². The van der Waals surface area contributed by atoms with E-state index in [2.05, 4.69) is 41.5 Å². The van der Waals surface area contributed by atoms with Gasteiger partial charge in [0, 0.05) is 25.7 Å². The van der Waals surface area contributed by atoms with Crippen molar-refractivity contribution in [3.63, 3.8) is 0 Å². The summed E-state index contributed by atoms with van der Waals surface area (Å²) < 4.78 is 68.7. The van der Waals surface area contributed by atoms with Crippen molar-refractivity contribution < 1.29 is 80.2 Å². The fourth-order valence-electron chi connectivity index (χ4n) is 12.2. The molecule has 98 heavy (non-hydrogen) atoms. The van der Waals surface area contributed by atoms with Gasteiger partial charge in [-0.1, -0.05) is 363 Å². The highest BCUT2D eigenvalue weighted by atomic mass is 31.2. The lowest BCUT2D eigenvalue weighted by Gasteiger charge is -2.21. The number of phosphoric ester groups is 2. The molecule has 0 aliphatic carbocycles. The van der Waals surface area contributed by atoms with E-state index in [1.165, 1.54) is 231 Å². The fourth-order valence-corrected chi connectivity index (χ4v) is 13.8. The Morgan fingerprint density at radius 2 is 0.469 bits per heavy atom. The number of unbranched alkanes of at least 4 members (excludes halogenated alkanes) is 48. The quantitative estimate of drug-likeness (QED) is 0.0222. The minimum atomic E-state index is -4.96. The number of carbonyl (C=O) groups excluding carboxylic acids is 4. The maximum atomic E-state index is 13.1. The molecule has 582 valence electrons. The van der Waals surface area contributed by atoms with Gasteiger partial charge in [-0.25, -0.2) is 9.13 Å². The molecule has 2 unspecified atom stereocenters. The van der Waals surface area contributed by atoms with E-state index in [9.17, 15) is 43.2 Å². The minimum absolute atomic E-state index is 0.107. The number of hydrogen-bond donors (Lipinski definition) is 3. The first-order valence-corrected chi connectivity index (χ1v) is 44.0. The Hall–Kier alpha value is -1.94. The van der Waals surface area contributed by atoms with Gasteiger partial charge in [-0.15, -0.1) is 0 Å². The third kappa shape index (κ3) is 72.4. The molecule has 0 amide bonds. The first kappa shape index (κ1) is 96.1. The van der Waals surface area contributed by atoms with Gasteiger partial charge in [-0.3, -0.25) is 37.3 Å². The summed E-state index contributed by atoms with van der Waals surface area (Å²) in [6.07, 6.45) is 59.4. The van der Waals surface area contributed by atoms with E-state index < -0.39 is 97.5 Å². The molecule has 0 aliphatic rings. The molecule has 19 heteroatoms. The van der Waals surface area contributed by atoms with Gasteiger partial charge < -0.3 is 33.8 Å². The van der Waals surface area contributed by atoms with Gasteiger partial charge in [0.2, 0.25) is 0 Å². The zero-order chi connectivity index (χ0) is 72.1. The molecular formula is C79H154O17P2. The van der Waals surface area contributed by atoms with Crippen LogP contribution in [-0.4, -0.2) is 96.7 Å². The fraction of sp³-hybridized carbons (Fsp3) is 0.949. The topological polar surface area (TPSA) is 237 Å². The molecule has 0 rings (SSSR count). The number of ether oxygens (including phenoxy) is 4. The Kier molecular flexibility index (Phi) is 69.3. The Morgan fingerprint density at radius 1 is 0.276 bits per heavy atom. The van der Waals surface area contributed by atoms with Crippen LogP contribution in [0.4, 0.5) is 0 Å². The van der Waals surface area contributed by atoms with Gasteiger partial charge in [0.1, 0.15) is 19.3 Å². The monoisotopic (exact) mass is 1440 g/mol. The van der Waals surface area contributed by atoms with Crippen LogP contribution in [0.15, 0.2) is 0 Å². The lowest BCUT2D eigenvalue weighted by Crippen LogP contribution is -2.30. The van der Waals surface area contributed by atoms with Crippen molar-refractivity contribution in [2.75, 3.05) is 39.6 Å². The standard InChI is InChI=1S/C79H154O17P2/c1-7-9-11-13-15-17-19-21-22-24-33-39-45-51-57-63-78(83)95-74(67-89-76(81)61-55-49-43-37-31-23-20-18-16-14-12-10-8-2)69-93-97(85,86)91-65-73(80)66-92-98(87,88)94-70-75(96-79(84)64-58-52-46-40-34-28-26-30-36-42-48-54-60-72(5)6)68-90-77(82)62-56-50-44-38-32-27-25-29-35-41-47-53-59-71(3)4/h71-75,80H,7-70H2,1-6H3,(H,85,86)(H,87,88)/t73-,74+,75+/m0/s1. The Balaban J connectivity index is 5.27. The van der Waals surface area contributed by atoms with E-state index >= 15 is 0 Å². The first-order chi connectivity index (χ1) is 47.4. The van der Waals surface area contributed by atoms with Gasteiger partial charge in [-0.05, 0) is 37.5 Å². The molecule has 0 bridgehead atoms. The zero-order valence-corrected chi connectivity index (χ0v) is 65.9. The molecule has 0 heterocycles. The van der Waals surface area contributed by atoms with Crippen molar-refractivity contribution >= 4 is 39.5 Å². The zero-order valence-electron chi connectivity index (χ0n) is 64.1. The van der Waals surface area contributed by atoms with Crippen LogP contribution in [0.25, 0.3) is 0 Å². The van der Waals surface area contributed by atoms with Gasteiger partial charge in [0.15, 0.2) is 12.2 Å². The predicted molar refractivity (Wildman–Crippen MR) is 400 cm³/mol. The summed E-state index contributed by atoms with van der Waals surface area (Å²) in [5, 5.41) is 10.6. The van der Waals surface area contributed by atoms with Crippen molar-refractivity contribution in [3.05, 3.63) is 0 Å². The summed E-state index contributed by atoms with van der Waals surface area (Å²) in [6, 6.07) is 0. The largest absolute Gasteiger partial charge is 0.472 e. The highest BCUT2D eigenvalue weighted by molar-refractivity contribution is 7.47. The molecule has 0 aromatic carbocycles. The van der Waals surface area contributed by atoms with Crippen LogP contribution in [0.5, 0.6) is 0 Å². The normalized spacial score (nSPS) is 13.9. The average Bonchev–Trinajstić information content (AvgIpc) is 1.87. The Labute approximate surface area is 600 Å². The number of hydrogen-bond acceptors (Lipinski definition) is 15. The average molecular weight is 1440 g/mol. The highest BCUT2D eigenvalue weighted by Gasteiger charge is 2.30. The SMILES string of the molecule is CCCCCCCCCCCCCCCCCC(=O)O[C@H](COC(=O)CCCCCCCCCCCCCCC)COP(=O)(O)OC[C@H](O)COP(=O)(O)OC[C@@H](COC(=O)CCCCCCCCCCCCCCC(C)C)OC(=O)CCCCCCCCCCCCCCC(C)C. The van der Waals surface area contributed by atoms with E-state index in [1.54, 1.807) is 0 Å². The second kappa shape index (κ2) is 70.7. The minimum Gasteiger partial charge on any atom is -0.462 e. The van der Waals surface area contributed by atoms with Gasteiger partial charge in [0.05, 0.1) is 26.4 Å². The van der Waals surface area contributed by atoms with Crippen molar-refractivity contribution in [2.24, 2.45) is 11.8 Å². The number of aliphatic hydroxyl groups is 1. The summed E-state index contributed by atoms with van der Waals surface area (Å²) >= 11 is 0. The molecule has 17 nitrogen and oxygen atoms in total. The number of esters is 4. The van der Waals surface area contributed by atoms with E-state index in [-0.39, 0.29) is 25.7 Å². The van der Waals surface area contributed by atoms with Crippen molar-refractivity contribution in [1.82, 2.24) is 0 Å². The molecule has 0 saturated carbocycles. The molecule has 3 N–H and O–H groups in total. The van der Waals surface area contributed by atoms with Crippen LogP contribution in [-0.2, 0) is 65.4 Å². The number of rotatable bonds is 78. The highest BCUT2D eigenvalue weighted by Crippen LogP contribution is 2.45. The Morgan fingerprint density at radius 3 is 0.694 bits per heavy atom. The van der Waals surface area contributed by atoms with Crippen LogP contribution < -0.4 is 0 Å². The van der Waals surface area contributed by atoms with E-state index in [0.717, 1.165) is 102 Å². The van der Waals surface area contributed by atoms with E-state index in [4.69, 9.17) is 37.0 Å². The van der Waals surface area contributed by atoms with E-state index in [1.807, 2.05) is 0 Å². The van der Waals surface area contributed by atoms with Crippen molar-refractivity contribution in [3.8, 4) is 0 Å². The van der Waals surface area contributed by atoms with Crippen molar-refractivity contribution in [2.45, 2.75) is 432 Å². The molecule has 0 aliphatic heterocycles. The first-order valence-electron chi connectivity index (χ1n) is 41.0. The summed E-state index contributed by atoms with van der Waals surface area (Å²) in [5.74, 6) is -0.549. The summed E-state index contributed by atoms with van der Waals surface area (Å²) in [5.41, 5.74) is 0.